The van der Waals surface area contributed by atoms with Gasteiger partial charge in [0.25, 0.3) is 10.0 Å². The standard InChI is InChI=1S/C16H16F9NO5S2/c17-13(18,14(19,20)32(27,28)26-16(23,24)25)15(21,22)33(29,30)31-12-8-6-11(7-9-12)10-4-2-1-3-5-10/h6-10,26H,1-5H2. The molecule has 0 spiro atoms. The molecule has 1 aliphatic rings. The molecule has 33 heavy (non-hydrogen) atoms. The first kappa shape index (κ1) is 27.5. The minimum Gasteiger partial charge on any atom is -0.378 e. The number of rotatable bonds is 8. The van der Waals surface area contributed by atoms with Crippen LogP contribution in [0.1, 0.15) is 43.6 Å². The number of hydrogen-bond donors (Lipinski definition) is 1. The monoisotopic (exact) mass is 537 g/mol. The molecule has 0 unspecified atom stereocenters. The van der Waals surface area contributed by atoms with E-state index in [-0.39, 0.29) is 5.92 Å². The molecule has 0 amide bonds. The molecule has 1 saturated carbocycles. The lowest BCUT2D eigenvalue weighted by molar-refractivity contribution is -0.247. The van der Waals surface area contributed by atoms with Gasteiger partial charge in [0.15, 0.2) is 0 Å². The van der Waals surface area contributed by atoms with Crippen molar-refractivity contribution in [1.82, 2.24) is 4.72 Å². The SMILES string of the molecule is O=S(=O)(NC(F)(F)F)C(F)(F)C(F)(F)C(F)(F)S(=O)(=O)Oc1ccc(C2CCCCC2)cc1. The van der Waals surface area contributed by atoms with Gasteiger partial charge in [-0.2, -0.15) is 47.9 Å². The minimum absolute atomic E-state index is 0.0558. The Hall–Kier alpha value is -1.75. The zero-order chi connectivity index (χ0) is 25.5. The van der Waals surface area contributed by atoms with Crippen LogP contribution in [0.4, 0.5) is 39.5 Å². The van der Waals surface area contributed by atoms with Gasteiger partial charge < -0.3 is 4.18 Å². The van der Waals surface area contributed by atoms with E-state index in [0.29, 0.717) is 5.56 Å². The summed E-state index contributed by atoms with van der Waals surface area (Å²) in [6.45, 7) is 0. The third-order valence-electron chi connectivity index (χ3n) is 4.80. The second-order valence-electron chi connectivity index (χ2n) is 7.15. The largest absolute Gasteiger partial charge is 0.470 e. The average Bonchev–Trinajstić information content (AvgIpc) is 2.66. The van der Waals surface area contributed by atoms with Crippen molar-refractivity contribution in [3.8, 4) is 5.75 Å². The number of halogens is 9. The molecule has 17 heteroatoms. The van der Waals surface area contributed by atoms with Gasteiger partial charge in [-0.15, -0.1) is 4.72 Å². The quantitative estimate of drug-likeness (QED) is 0.295. The van der Waals surface area contributed by atoms with Crippen LogP contribution in [-0.4, -0.2) is 39.6 Å². The Kier molecular flexibility index (Phi) is 7.33. The van der Waals surface area contributed by atoms with Crippen molar-refractivity contribution in [3.05, 3.63) is 29.8 Å². The van der Waals surface area contributed by atoms with Crippen molar-refractivity contribution in [2.24, 2.45) is 0 Å². The molecular weight excluding hydrogens is 521 g/mol. The zero-order valence-electron chi connectivity index (χ0n) is 16.2. The van der Waals surface area contributed by atoms with Crippen molar-refractivity contribution in [1.29, 1.82) is 0 Å². The average molecular weight is 537 g/mol. The Balaban J connectivity index is 2.32. The molecule has 0 aliphatic heterocycles. The highest BCUT2D eigenvalue weighted by Gasteiger charge is 2.83. The summed E-state index contributed by atoms with van der Waals surface area (Å²) in [6.07, 6.45) is -1.89. The summed E-state index contributed by atoms with van der Waals surface area (Å²) < 4.78 is 167. The van der Waals surface area contributed by atoms with Crippen LogP contribution in [0.3, 0.4) is 0 Å². The van der Waals surface area contributed by atoms with Gasteiger partial charge in [0, 0.05) is 0 Å². The van der Waals surface area contributed by atoms with Crippen molar-refractivity contribution in [3.63, 3.8) is 0 Å². The van der Waals surface area contributed by atoms with E-state index in [2.05, 4.69) is 4.18 Å². The van der Waals surface area contributed by atoms with Crippen molar-refractivity contribution < 1.29 is 60.5 Å². The van der Waals surface area contributed by atoms with Crippen LogP contribution >= 0.6 is 0 Å². The van der Waals surface area contributed by atoms with E-state index in [4.69, 9.17) is 0 Å². The minimum atomic E-state index is -7.57. The Morgan fingerprint density at radius 3 is 1.70 bits per heavy atom. The summed E-state index contributed by atoms with van der Waals surface area (Å²) in [4.78, 5) is 0. The predicted octanol–water partition coefficient (Wildman–Crippen LogP) is 4.70. The van der Waals surface area contributed by atoms with Gasteiger partial charge in [-0.3, -0.25) is 0 Å². The molecule has 0 heterocycles. The van der Waals surface area contributed by atoms with Crippen LogP contribution in [0, 0.1) is 0 Å². The van der Waals surface area contributed by atoms with Crippen molar-refractivity contribution in [2.45, 2.75) is 60.8 Å². The lowest BCUT2D eigenvalue weighted by Crippen LogP contribution is -2.64. The normalized spacial score (nSPS) is 17.7. The van der Waals surface area contributed by atoms with E-state index in [9.17, 15) is 56.3 Å². The molecule has 0 bridgehead atoms. The Morgan fingerprint density at radius 2 is 1.24 bits per heavy atom. The van der Waals surface area contributed by atoms with Crippen molar-refractivity contribution >= 4 is 20.1 Å². The van der Waals surface area contributed by atoms with Gasteiger partial charge in [0.2, 0.25) is 0 Å². The van der Waals surface area contributed by atoms with E-state index >= 15 is 0 Å². The van der Waals surface area contributed by atoms with E-state index in [1.807, 2.05) is 0 Å². The third-order valence-corrected chi connectivity index (χ3v) is 7.52. The van der Waals surface area contributed by atoms with E-state index in [1.54, 1.807) is 0 Å². The maximum atomic E-state index is 14.0. The summed E-state index contributed by atoms with van der Waals surface area (Å²) in [5.41, 5.74) is 0.646. The molecule has 190 valence electrons. The highest BCUT2D eigenvalue weighted by molar-refractivity contribution is 7.91. The van der Waals surface area contributed by atoms with Crippen LogP contribution in [0.15, 0.2) is 24.3 Å². The molecule has 1 fully saturated rings. The molecule has 2 rings (SSSR count). The van der Waals surface area contributed by atoms with E-state index in [1.165, 1.54) is 12.1 Å². The Morgan fingerprint density at radius 1 is 0.758 bits per heavy atom. The lowest BCUT2D eigenvalue weighted by atomic mass is 9.84. The van der Waals surface area contributed by atoms with Crippen LogP contribution in [0.25, 0.3) is 0 Å². The number of sulfonamides is 1. The molecule has 1 aliphatic carbocycles. The van der Waals surface area contributed by atoms with Gasteiger partial charge >= 0.3 is 32.9 Å². The van der Waals surface area contributed by atoms with Crippen LogP contribution < -0.4 is 8.91 Å². The Bertz CT molecular complexity index is 1050. The highest BCUT2D eigenvalue weighted by atomic mass is 32.2. The van der Waals surface area contributed by atoms with Crippen molar-refractivity contribution in [2.75, 3.05) is 0 Å². The van der Waals surface area contributed by atoms with Gasteiger partial charge in [-0.1, -0.05) is 31.4 Å². The van der Waals surface area contributed by atoms with Crippen LogP contribution in [-0.2, 0) is 20.1 Å². The second-order valence-corrected chi connectivity index (χ2v) is 10.5. The molecule has 1 aromatic rings. The molecule has 0 atom stereocenters. The van der Waals surface area contributed by atoms with Gasteiger partial charge in [0.1, 0.15) is 5.75 Å². The summed E-state index contributed by atoms with van der Waals surface area (Å²) >= 11 is 0. The maximum absolute atomic E-state index is 14.0. The number of benzene rings is 1. The molecule has 0 saturated heterocycles. The topological polar surface area (TPSA) is 89.5 Å². The fourth-order valence-corrected chi connectivity index (χ4v) is 5.00. The number of hydrogen-bond acceptors (Lipinski definition) is 5. The fraction of sp³-hybridized carbons (Fsp3) is 0.625. The summed E-state index contributed by atoms with van der Waals surface area (Å²) in [5, 5.41) is -14.2. The zero-order valence-corrected chi connectivity index (χ0v) is 17.8. The Labute approximate surface area is 182 Å². The lowest BCUT2D eigenvalue weighted by Gasteiger charge is -2.31. The molecular formula is C16H16F9NO5S2. The highest BCUT2D eigenvalue weighted by Crippen LogP contribution is 2.51. The van der Waals surface area contributed by atoms with E-state index in [0.717, 1.165) is 44.2 Å². The molecule has 1 aromatic carbocycles. The smallest absolute Gasteiger partial charge is 0.378 e. The first-order valence-electron chi connectivity index (χ1n) is 9.03. The van der Waals surface area contributed by atoms with Gasteiger partial charge in [-0.05, 0) is 36.5 Å². The first-order chi connectivity index (χ1) is 14.8. The summed E-state index contributed by atoms with van der Waals surface area (Å²) in [5.74, 6) is -8.32. The predicted molar refractivity (Wildman–Crippen MR) is 94.8 cm³/mol. The maximum Gasteiger partial charge on any atom is 0.470 e. The first-order valence-corrected chi connectivity index (χ1v) is 11.9. The van der Waals surface area contributed by atoms with Crippen LogP contribution in [0.5, 0.6) is 5.75 Å². The number of nitrogens with one attached hydrogen (secondary N) is 1. The molecule has 6 nitrogen and oxygen atoms in total. The molecule has 0 aromatic heterocycles. The summed E-state index contributed by atoms with van der Waals surface area (Å²) in [6, 6.07) is 4.05. The number of alkyl halides is 9. The third kappa shape index (κ3) is 5.34. The van der Waals surface area contributed by atoms with Gasteiger partial charge in [0.05, 0.1) is 0 Å². The van der Waals surface area contributed by atoms with Crippen LogP contribution in [0.2, 0.25) is 0 Å². The van der Waals surface area contributed by atoms with E-state index < -0.39 is 53.3 Å². The molecule has 0 radical (unpaired) electrons. The molecule has 1 N–H and O–H groups in total. The fourth-order valence-electron chi connectivity index (χ4n) is 3.12. The summed E-state index contributed by atoms with van der Waals surface area (Å²) in [7, 11) is -14.6. The van der Waals surface area contributed by atoms with Gasteiger partial charge in [-0.25, -0.2) is 8.42 Å². The second kappa shape index (κ2) is 8.79.